The van der Waals surface area contributed by atoms with Crippen LogP contribution in [-0.2, 0) is 6.54 Å². The van der Waals surface area contributed by atoms with Gasteiger partial charge in [0.1, 0.15) is 0 Å². The molecule has 0 aliphatic carbocycles. The van der Waals surface area contributed by atoms with E-state index in [0.29, 0.717) is 23.1 Å². The van der Waals surface area contributed by atoms with E-state index in [1.807, 2.05) is 12.1 Å². The lowest BCUT2D eigenvalue weighted by Gasteiger charge is -2.04. The molecular weight excluding hydrogens is 236 g/mol. The van der Waals surface area contributed by atoms with E-state index in [-0.39, 0.29) is 0 Å². The van der Waals surface area contributed by atoms with Gasteiger partial charge in [0, 0.05) is 6.54 Å². The van der Waals surface area contributed by atoms with Gasteiger partial charge in [0.2, 0.25) is 5.95 Å². The van der Waals surface area contributed by atoms with Crippen molar-refractivity contribution in [1.29, 1.82) is 5.26 Å². The van der Waals surface area contributed by atoms with Gasteiger partial charge in [-0.2, -0.15) is 5.26 Å². The van der Waals surface area contributed by atoms with Gasteiger partial charge in [-0.25, -0.2) is 9.97 Å². The molecule has 1 N–H and O–H groups in total. The maximum atomic E-state index is 8.66. The lowest BCUT2D eigenvalue weighted by atomic mass is 10.1. The topological polar surface area (TPSA) is 61.6 Å². The van der Waals surface area contributed by atoms with E-state index >= 15 is 0 Å². The van der Waals surface area contributed by atoms with Crippen molar-refractivity contribution < 1.29 is 0 Å². The molecule has 17 heavy (non-hydrogen) atoms. The van der Waals surface area contributed by atoms with Crippen molar-refractivity contribution in [2.24, 2.45) is 0 Å². The van der Waals surface area contributed by atoms with Crippen LogP contribution in [0.2, 0.25) is 5.02 Å². The molecule has 0 amide bonds. The Morgan fingerprint density at radius 1 is 1.18 bits per heavy atom. The molecule has 0 spiro atoms. The second kappa shape index (κ2) is 5.28. The first-order valence-electron chi connectivity index (χ1n) is 4.98. The molecule has 2 rings (SSSR count). The summed E-state index contributed by atoms with van der Waals surface area (Å²) >= 11 is 5.68. The first-order chi connectivity index (χ1) is 8.28. The fraction of sp³-hybridized carbons (Fsp3) is 0.0833. The number of nitriles is 1. The number of nitrogens with one attached hydrogen (secondary N) is 1. The molecule has 0 aliphatic rings. The molecule has 84 valence electrons. The predicted octanol–water partition coefficient (Wildman–Crippen LogP) is 2.61. The van der Waals surface area contributed by atoms with E-state index in [1.165, 1.54) is 12.4 Å². The van der Waals surface area contributed by atoms with Crippen molar-refractivity contribution in [3.8, 4) is 6.07 Å². The highest BCUT2D eigenvalue weighted by Crippen LogP contribution is 2.08. The number of nitrogens with zero attached hydrogens (tertiary/aromatic N) is 3. The molecule has 1 aromatic heterocycles. The molecule has 0 unspecified atom stereocenters. The summed E-state index contributed by atoms with van der Waals surface area (Å²) in [7, 11) is 0. The van der Waals surface area contributed by atoms with Crippen LogP contribution in [0.1, 0.15) is 11.1 Å². The number of aromatic nitrogens is 2. The number of hydrogen-bond donors (Lipinski definition) is 1. The third kappa shape index (κ3) is 3.16. The second-order valence-corrected chi connectivity index (χ2v) is 3.82. The van der Waals surface area contributed by atoms with Crippen molar-refractivity contribution in [3.63, 3.8) is 0 Å². The minimum Gasteiger partial charge on any atom is -0.350 e. The molecule has 4 nitrogen and oxygen atoms in total. The number of hydrogen-bond acceptors (Lipinski definition) is 4. The summed E-state index contributed by atoms with van der Waals surface area (Å²) in [5.74, 6) is 0.527. The Morgan fingerprint density at radius 2 is 1.82 bits per heavy atom. The van der Waals surface area contributed by atoms with Crippen molar-refractivity contribution in [2.45, 2.75) is 6.54 Å². The molecule has 1 heterocycles. The smallest absolute Gasteiger partial charge is 0.222 e. The Bertz CT molecular complexity index is 528. The fourth-order valence-electron chi connectivity index (χ4n) is 1.28. The van der Waals surface area contributed by atoms with Crippen molar-refractivity contribution in [3.05, 3.63) is 52.8 Å². The van der Waals surface area contributed by atoms with Crippen LogP contribution in [0.25, 0.3) is 0 Å². The summed E-state index contributed by atoms with van der Waals surface area (Å²) in [4.78, 5) is 8.04. The van der Waals surface area contributed by atoms with Gasteiger partial charge in [-0.15, -0.1) is 0 Å². The van der Waals surface area contributed by atoms with Gasteiger partial charge in [0.25, 0.3) is 0 Å². The van der Waals surface area contributed by atoms with Gasteiger partial charge >= 0.3 is 0 Å². The van der Waals surface area contributed by atoms with Gasteiger partial charge in [-0.05, 0) is 17.7 Å². The standard InChI is InChI=1S/C12H9ClN4/c13-11-7-16-12(17-8-11)15-6-10-3-1-9(5-14)2-4-10/h1-4,7-8H,6H2,(H,15,16,17). The Balaban J connectivity index is 1.98. The summed E-state index contributed by atoms with van der Waals surface area (Å²) in [6.45, 7) is 0.605. The highest BCUT2D eigenvalue weighted by Gasteiger charge is 1.97. The predicted molar refractivity (Wildman–Crippen MR) is 65.5 cm³/mol. The molecular formula is C12H9ClN4. The van der Waals surface area contributed by atoms with E-state index in [4.69, 9.17) is 16.9 Å². The van der Waals surface area contributed by atoms with Gasteiger partial charge in [-0.1, -0.05) is 23.7 Å². The molecule has 2 aromatic rings. The zero-order valence-corrected chi connectivity index (χ0v) is 9.65. The maximum Gasteiger partial charge on any atom is 0.222 e. The molecule has 0 fully saturated rings. The Hall–Kier alpha value is -2.12. The average Bonchev–Trinajstić information content (AvgIpc) is 2.39. The lowest BCUT2D eigenvalue weighted by Crippen LogP contribution is -2.02. The van der Waals surface area contributed by atoms with Crippen LogP contribution in [0.3, 0.4) is 0 Å². The van der Waals surface area contributed by atoms with Gasteiger partial charge in [-0.3, -0.25) is 0 Å². The number of halogens is 1. The lowest BCUT2D eigenvalue weighted by molar-refractivity contribution is 1.05. The van der Waals surface area contributed by atoms with Crippen molar-refractivity contribution in [2.75, 3.05) is 5.32 Å². The minimum atomic E-state index is 0.508. The van der Waals surface area contributed by atoms with E-state index in [0.717, 1.165) is 5.56 Å². The molecule has 1 aromatic carbocycles. The summed E-state index contributed by atoms with van der Waals surface area (Å²) < 4.78 is 0. The van der Waals surface area contributed by atoms with Crippen LogP contribution in [0.4, 0.5) is 5.95 Å². The third-order valence-electron chi connectivity index (χ3n) is 2.15. The summed E-state index contributed by atoms with van der Waals surface area (Å²) in [6.07, 6.45) is 3.07. The van der Waals surface area contributed by atoms with E-state index in [9.17, 15) is 0 Å². The zero-order valence-electron chi connectivity index (χ0n) is 8.89. The monoisotopic (exact) mass is 244 g/mol. The Kier molecular flexibility index (Phi) is 3.53. The molecule has 0 saturated carbocycles. The quantitative estimate of drug-likeness (QED) is 0.902. The Labute approximate surface area is 104 Å². The summed E-state index contributed by atoms with van der Waals surface area (Å²) in [6, 6.07) is 9.41. The van der Waals surface area contributed by atoms with Crippen LogP contribution in [0.15, 0.2) is 36.7 Å². The number of rotatable bonds is 3. The largest absolute Gasteiger partial charge is 0.350 e. The molecule has 0 saturated heterocycles. The molecule has 0 atom stereocenters. The van der Waals surface area contributed by atoms with Crippen LogP contribution in [-0.4, -0.2) is 9.97 Å². The third-order valence-corrected chi connectivity index (χ3v) is 2.35. The zero-order chi connectivity index (χ0) is 12.1. The van der Waals surface area contributed by atoms with E-state index in [1.54, 1.807) is 12.1 Å². The highest BCUT2D eigenvalue weighted by molar-refractivity contribution is 6.30. The normalized spacial score (nSPS) is 9.65. The molecule has 0 radical (unpaired) electrons. The minimum absolute atomic E-state index is 0.508. The molecule has 0 aliphatic heterocycles. The fourth-order valence-corrected chi connectivity index (χ4v) is 1.38. The summed E-state index contributed by atoms with van der Waals surface area (Å²) in [5.41, 5.74) is 1.71. The Morgan fingerprint density at radius 3 is 2.41 bits per heavy atom. The van der Waals surface area contributed by atoms with Gasteiger partial charge in [0.05, 0.1) is 29.0 Å². The SMILES string of the molecule is N#Cc1ccc(CNc2ncc(Cl)cn2)cc1. The van der Waals surface area contributed by atoms with E-state index in [2.05, 4.69) is 21.4 Å². The molecule has 5 heteroatoms. The van der Waals surface area contributed by atoms with Crippen LogP contribution < -0.4 is 5.32 Å². The van der Waals surface area contributed by atoms with E-state index < -0.39 is 0 Å². The van der Waals surface area contributed by atoms with Crippen LogP contribution >= 0.6 is 11.6 Å². The second-order valence-electron chi connectivity index (χ2n) is 3.39. The van der Waals surface area contributed by atoms with Gasteiger partial charge < -0.3 is 5.32 Å². The first kappa shape index (κ1) is 11.4. The number of benzene rings is 1. The molecule has 0 bridgehead atoms. The first-order valence-corrected chi connectivity index (χ1v) is 5.36. The number of anilines is 1. The summed E-state index contributed by atoms with van der Waals surface area (Å²) in [5, 5.41) is 12.2. The maximum absolute atomic E-state index is 8.66. The average molecular weight is 245 g/mol. The van der Waals surface area contributed by atoms with Gasteiger partial charge in [0.15, 0.2) is 0 Å². The van der Waals surface area contributed by atoms with Crippen LogP contribution in [0, 0.1) is 11.3 Å². The van der Waals surface area contributed by atoms with Crippen molar-refractivity contribution in [1.82, 2.24) is 9.97 Å². The van der Waals surface area contributed by atoms with Crippen LogP contribution in [0.5, 0.6) is 0 Å². The van der Waals surface area contributed by atoms with Crippen molar-refractivity contribution >= 4 is 17.5 Å². The highest BCUT2D eigenvalue weighted by atomic mass is 35.5.